The molecule has 0 aliphatic carbocycles. The summed E-state index contributed by atoms with van der Waals surface area (Å²) < 4.78 is 32.6. The zero-order valence-corrected chi connectivity index (χ0v) is 12.0. The van der Waals surface area contributed by atoms with Crippen molar-refractivity contribution in [2.24, 2.45) is 0 Å². The molecule has 2 nitrogen and oxygen atoms in total. The van der Waals surface area contributed by atoms with Crippen LogP contribution in [0.15, 0.2) is 48.5 Å². The quantitative estimate of drug-likeness (QED) is 0.842. The zero-order chi connectivity index (χ0) is 15.1. The summed E-state index contributed by atoms with van der Waals surface area (Å²) in [4.78, 5) is 0. The Hall–Kier alpha value is -1.94. The highest BCUT2D eigenvalue weighted by Gasteiger charge is 2.14. The van der Waals surface area contributed by atoms with Crippen LogP contribution in [0.25, 0.3) is 0 Å². The number of nitrogens with one attached hydrogen (secondary N) is 1. The van der Waals surface area contributed by atoms with Crippen LogP contribution in [-0.4, -0.2) is 19.2 Å². The maximum absolute atomic E-state index is 13.7. The van der Waals surface area contributed by atoms with Crippen LogP contribution in [0.5, 0.6) is 5.75 Å². The molecule has 2 rings (SSSR count). The molecule has 1 N–H and O–H groups in total. The summed E-state index contributed by atoms with van der Waals surface area (Å²) in [7, 11) is 0. The van der Waals surface area contributed by atoms with E-state index < -0.39 is 11.6 Å². The summed E-state index contributed by atoms with van der Waals surface area (Å²) in [5, 5.41) is 3.23. The van der Waals surface area contributed by atoms with Gasteiger partial charge in [-0.25, -0.2) is 8.78 Å². The lowest BCUT2D eigenvalue weighted by molar-refractivity contribution is 0.263. The first kappa shape index (κ1) is 15.4. The van der Waals surface area contributed by atoms with Gasteiger partial charge in [-0.3, -0.25) is 0 Å². The molecule has 2 aromatic carbocycles. The highest BCUT2D eigenvalue weighted by Crippen LogP contribution is 2.14. The third-order valence-electron chi connectivity index (χ3n) is 3.19. The Balaban J connectivity index is 2.00. The Labute approximate surface area is 123 Å². The maximum atomic E-state index is 13.7. The van der Waals surface area contributed by atoms with Gasteiger partial charge in [-0.15, -0.1) is 0 Å². The highest BCUT2D eigenvalue weighted by molar-refractivity contribution is 5.22. The van der Waals surface area contributed by atoms with Crippen molar-refractivity contribution >= 4 is 0 Å². The Kier molecular flexibility index (Phi) is 5.69. The molecule has 0 fully saturated rings. The second-order valence-corrected chi connectivity index (χ2v) is 4.80. The van der Waals surface area contributed by atoms with E-state index in [9.17, 15) is 8.78 Å². The van der Waals surface area contributed by atoms with E-state index in [1.54, 1.807) is 6.07 Å². The Morgan fingerprint density at radius 1 is 1.05 bits per heavy atom. The van der Waals surface area contributed by atoms with E-state index >= 15 is 0 Å². The molecule has 1 atom stereocenters. The van der Waals surface area contributed by atoms with Crippen molar-refractivity contribution < 1.29 is 13.5 Å². The number of hydrogen-bond acceptors (Lipinski definition) is 2. The molecule has 0 bridgehead atoms. The molecular weight excluding hydrogens is 272 g/mol. The molecule has 2 aromatic rings. The second-order valence-electron chi connectivity index (χ2n) is 4.80. The molecule has 0 amide bonds. The first-order valence-electron chi connectivity index (χ1n) is 7.04. The van der Waals surface area contributed by atoms with Gasteiger partial charge < -0.3 is 10.1 Å². The normalized spacial score (nSPS) is 12.1. The molecule has 0 radical (unpaired) electrons. The predicted octanol–water partition coefficient (Wildman–Crippen LogP) is 3.56. The summed E-state index contributed by atoms with van der Waals surface area (Å²) in [6.45, 7) is 3.10. The third kappa shape index (κ3) is 4.53. The van der Waals surface area contributed by atoms with Gasteiger partial charge in [-0.1, -0.05) is 37.3 Å². The van der Waals surface area contributed by atoms with Crippen LogP contribution < -0.4 is 10.1 Å². The number of rotatable bonds is 7. The van der Waals surface area contributed by atoms with Gasteiger partial charge in [0.2, 0.25) is 0 Å². The number of benzene rings is 2. The molecule has 0 spiro atoms. The molecule has 0 aliphatic rings. The van der Waals surface area contributed by atoms with E-state index in [0.717, 1.165) is 18.4 Å². The van der Waals surface area contributed by atoms with E-state index in [2.05, 4.69) is 5.32 Å². The molecule has 1 unspecified atom stereocenters. The second kappa shape index (κ2) is 7.74. The number of likely N-dealkylation sites (N-methyl/N-ethyl adjacent to an activating group) is 1. The minimum atomic E-state index is -0.813. The molecule has 0 aromatic heterocycles. The molecule has 0 saturated carbocycles. The van der Waals surface area contributed by atoms with E-state index in [4.69, 9.17) is 4.74 Å². The van der Waals surface area contributed by atoms with Gasteiger partial charge in [0.05, 0.1) is 0 Å². The number of para-hydroxylation sites is 1. The van der Waals surface area contributed by atoms with Crippen molar-refractivity contribution in [1.29, 1.82) is 0 Å². The van der Waals surface area contributed by atoms with Crippen molar-refractivity contribution in [2.75, 3.05) is 13.2 Å². The fourth-order valence-electron chi connectivity index (χ4n) is 2.16. The van der Waals surface area contributed by atoms with E-state index in [0.29, 0.717) is 18.6 Å². The van der Waals surface area contributed by atoms with E-state index in [1.165, 1.54) is 6.07 Å². The summed E-state index contributed by atoms with van der Waals surface area (Å²) in [6, 6.07) is 13.6. The van der Waals surface area contributed by atoms with Crippen molar-refractivity contribution in [3.63, 3.8) is 0 Å². The lowest BCUT2D eigenvalue weighted by Crippen LogP contribution is -2.36. The maximum Gasteiger partial charge on any atom is 0.162 e. The van der Waals surface area contributed by atoms with Gasteiger partial charge in [-0.05, 0) is 36.7 Å². The summed E-state index contributed by atoms with van der Waals surface area (Å²) in [5.74, 6) is -0.827. The number of halogens is 2. The number of hydrogen-bond donors (Lipinski definition) is 1. The lowest BCUT2D eigenvalue weighted by Gasteiger charge is -2.19. The summed E-state index contributed by atoms with van der Waals surface area (Å²) >= 11 is 0. The van der Waals surface area contributed by atoms with E-state index in [1.807, 2.05) is 37.3 Å². The van der Waals surface area contributed by atoms with E-state index in [-0.39, 0.29) is 6.04 Å². The molecule has 0 saturated heterocycles. The lowest BCUT2D eigenvalue weighted by atomic mass is 10.1. The first-order chi connectivity index (χ1) is 10.2. The molecular formula is C17H19F2NO. The van der Waals surface area contributed by atoms with Gasteiger partial charge in [0.25, 0.3) is 0 Å². The molecule has 0 aliphatic heterocycles. The van der Waals surface area contributed by atoms with Crippen LogP contribution in [0.1, 0.15) is 12.5 Å². The van der Waals surface area contributed by atoms with Crippen molar-refractivity contribution in [3.05, 3.63) is 65.7 Å². The predicted molar refractivity (Wildman–Crippen MR) is 79.5 cm³/mol. The van der Waals surface area contributed by atoms with Crippen LogP contribution >= 0.6 is 0 Å². The third-order valence-corrected chi connectivity index (χ3v) is 3.19. The minimum Gasteiger partial charge on any atom is -0.492 e. The monoisotopic (exact) mass is 291 g/mol. The van der Waals surface area contributed by atoms with Gasteiger partial charge >= 0.3 is 0 Å². The Bertz CT molecular complexity index is 560. The van der Waals surface area contributed by atoms with Gasteiger partial charge in [0, 0.05) is 6.04 Å². The average molecular weight is 291 g/mol. The topological polar surface area (TPSA) is 21.3 Å². The number of ether oxygens (including phenoxy) is 1. The molecule has 112 valence electrons. The minimum absolute atomic E-state index is 0.0773. The first-order valence-corrected chi connectivity index (χ1v) is 7.04. The molecule has 4 heteroatoms. The van der Waals surface area contributed by atoms with Crippen molar-refractivity contribution in [3.8, 4) is 5.75 Å². The van der Waals surface area contributed by atoms with Crippen molar-refractivity contribution in [1.82, 2.24) is 5.32 Å². The van der Waals surface area contributed by atoms with Crippen LogP contribution in [0.4, 0.5) is 8.78 Å². The fraction of sp³-hybridized carbons (Fsp3) is 0.294. The van der Waals surface area contributed by atoms with Crippen LogP contribution in [0, 0.1) is 11.6 Å². The largest absolute Gasteiger partial charge is 0.492 e. The molecule has 21 heavy (non-hydrogen) atoms. The van der Waals surface area contributed by atoms with Gasteiger partial charge in [0.1, 0.15) is 12.4 Å². The van der Waals surface area contributed by atoms with Gasteiger partial charge in [0.15, 0.2) is 11.6 Å². The van der Waals surface area contributed by atoms with Crippen LogP contribution in [0.2, 0.25) is 0 Å². The van der Waals surface area contributed by atoms with Crippen molar-refractivity contribution in [2.45, 2.75) is 19.4 Å². The Morgan fingerprint density at radius 3 is 2.52 bits per heavy atom. The van der Waals surface area contributed by atoms with Crippen LogP contribution in [-0.2, 0) is 6.42 Å². The average Bonchev–Trinajstić information content (AvgIpc) is 2.50. The summed E-state index contributed by atoms with van der Waals surface area (Å²) in [5.41, 5.74) is 0.359. The highest BCUT2D eigenvalue weighted by atomic mass is 19.2. The van der Waals surface area contributed by atoms with Crippen LogP contribution in [0.3, 0.4) is 0 Å². The zero-order valence-electron chi connectivity index (χ0n) is 12.0. The summed E-state index contributed by atoms with van der Waals surface area (Å²) in [6.07, 6.45) is 0.379. The smallest absolute Gasteiger partial charge is 0.162 e. The fourth-order valence-corrected chi connectivity index (χ4v) is 2.16. The van der Waals surface area contributed by atoms with Gasteiger partial charge in [-0.2, -0.15) is 0 Å². The Morgan fingerprint density at radius 2 is 1.81 bits per heavy atom. The standard InChI is InChI=1S/C17H19F2NO/c1-2-20-14(12-21-15-8-4-3-5-9-15)11-13-7-6-10-16(18)17(13)19/h3-10,14,20H,2,11-12H2,1H3. The SMILES string of the molecule is CCNC(COc1ccccc1)Cc1cccc(F)c1F. The molecule has 0 heterocycles.